The van der Waals surface area contributed by atoms with Gasteiger partial charge in [-0.1, -0.05) is 36.8 Å². The Hall–Kier alpha value is -3.06. The number of likely N-dealkylation sites (N-methyl/N-ethyl adjacent to an activating group) is 1. The number of amides is 1. The molecular weight excluding hydrogens is 328 g/mol. The van der Waals surface area contributed by atoms with E-state index in [-0.39, 0.29) is 12.5 Å². The van der Waals surface area contributed by atoms with Crippen molar-refractivity contribution in [3.63, 3.8) is 0 Å². The summed E-state index contributed by atoms with van der Waals surface area (Å²) in [5.41, 5.74) is 3.55. The van der Waals surface area contributed by atoms with Crippen LogP contribution in [0.1, 0.15) is 18.1 Å². The summed E-state index contributed by atoms with van der Waals surface area (Å²) in [4.78, 5) is 25.0. The Morgan fingerprint density at radius 1 is 1.04 bits per heavy atom. The zero-order valence-electron chi connectivity index (χ0n) is 14.9. The Kier molecular flexibility index (Phi) is 5.70. The quantitative estimate of drug-likeness (QED) is 0.606. The molecule has 0 aliphatic heterocycles. The van der Waals surface area contributed by atoms with E-state index in [1.165, 1.54) is 5.56 Å². The van der Waals surface area contributed by atoms with E-state index < -0.39 is 0 Å². The van der Waals surface area contributed by atoms with Crippen molar-refractivity contribution < 1.29 is 4.79 Å². The van der Waals surface area contributed by atoms with Crippen LogP contribution in [-0.4, -0.2) is 33.9 Å². The second-order valence-electron chi connectivity index (χ2n) is 5.96. The maximum absolute atomic E-state index is 11.8. The number of aromatic nitrogens is 3. The van der Waals surface area contributed by atoms with Gasteiger partial charge in [0.1, 0.15) is 17.2 Å². The van der Waals surface area contributed by atoms with Crippen LogP contribution in [0, 0.1) is 6.92 Å². The van der Waals surface area contributed by atoms with E-state index in [4.69, 9.17) is 0 Å². The number of anilines is 2. The van der Waals surface area contributed by atoms with Crippen molar-refractivity contribution in [1.29, 1.82) is 0 Å². The molecule has 0 bridgehead atoms. The highest BCUT2D eigenvalue weighted by Gasteiger charge is 2.06. The average Bonchev–Trinajstić information content (AvgIpc) is 2.65. The zero-order chi connectivity index (χ0) is 18.4. The molecule has 0 saturated carbocycles. The minimum atomic E-state index is -0.139. The van der Waals surface area contributed by atoms with E-state index in [2.05, 4.69) is 62.1 Å². The summed E-state index contributed by atoms with van der Waals surface area (Å²) in [6.07, 6.45) is 1.68. The third kappa shape index (κ3) is 4.73. The van der Waals surface area contributed by atoms with E-state index in [9.17, 15) is 4.79 Å². The van der Waals surface area contributed by atoms with Crippen molar-refractivity contribution in [3.8, 4) is 0 Å². The Morgan fingerprint density at radius 3 is 2.58 bits per heavy atom. The van der Waals surface area contributed by atoms with Crippen LogP contribution in [0.5, 0.6) is 0 Å². The molecule has 0 fully saturated rings. The van der Waals surface area contributed by atoms with Crippen LogP contribution in [0.4, 0.5) is 11.6 Å². The number of carbonyl (C=O) groups is 1. The van der Waals surface area contributed by atoms with Crippen molar-refractivity contribution in [1.82, 2.24) is 20.3 Å². The number of carbonyl (C=O) groups excluding carboxylic acids is 1. The molecule has 2 heterocycles. The summed E-state index contributed by atoms with van der Waals surface area (Å²) in [6, 6.07) is 11.8. The van der Waals surface area contributed by atoms with E-state index in [1.54, 1.807) is 18.3 Å². The molecule has 0 saturated heterocycles. The van der Waals surface area contributed by atoms with Gasteiger partial charge in [0.15, 0.2) is 5.65 Å². The van der Waals surface area contributed by atoms with Gasteiger partial charge in [-0.2, -0.15) is 0 Å². The minimum absolute atomic E-state index is 0.139. The predicted molar refractivity (Wildman–Crippen MR) is 103 cm³/mol. The van der Waals surface area contributed by atoms with Crippen LogP contribution in [0.25, 0.3) is 11.2 Å². The van der Waals surface area contributed by atoms with Gasteiger partial charge in [0, 0.05) is 6.54 Å². The van der Waals surface area contributed by atoms with Gasteiger partial charge >= 0.3 is 0 Å². The monoisotopic (exact) mass is 350 g/mol. The van der Waals surface area contributed by atoms with Gasteiger partial charge in [0.25, 0.3) is 0 Å². The van der Waals surface area contributed by atoms with Gasteiger partial charge in [0.05, 0.1) is 12.7 Å². The molecule has 0 unspecified atom stereocenters. The molecule has 1 aromatic carbocycles. The summed E-state index contributed by atoms with van der Waals surface area (Å²) in [6.45, 7) is 5.65. The topological polar surface area (TPSA) is 91.8 Å². The highest BCUT2D eigenvalue weighted by Crippen LogP contribution is 2.14. The fourth-order valence-electron chi connectivity index (χ4n) is 2.38. The van der Waals surface area contributed by atoms with E-state index >= 15 is 0 Å². The summed E-state index contributed by atoms with van der Waals surface area (Å²) in [5.74, 6) is 0.965. The highest BCUT2D eigenvalue weighted by atomic mass is 16.1. The lowest BCUT2D eigenvalue weighted by atomic mass is 10.1. The number of benzene rings is 1. The predicted octanol–water partition coefficient (Wildman–Crippen LogP) is 2.49. The Morgan fingerprint density at radius 2 is 1.81 bits per heavy atom. The van der Waals surface area contributed by atoms with Gasteiger partial charge in [0.2, 0.25) is 5.91 Å². The van der Waals surface area contributed by atoms with E-state index in [0.717, 1.165) is 12.1 Å². The fraction of sp³-hybridized carbons (Fsp3) is 0.263. The molecule has 1 amide bonds. The largest absolute Gasteiger partial charge is 0.365 e. The van der Waals surface area contributed by atoms with Gasteiger partial charge in [-0.3, -0.25) is 4.79 Å². The molecular formula is C19H22N6O. The van der Waals surface area contributed by atoms with Crippen LogP contribution in [0.15, 0.2) is 42.6 Å². The van der Waals surface area contributed by atoms with Crippen LogP contribution in [0.2, 0.25) is 0 Å². The second kappa shape index (κ2) is 8.35. The first-order chi connectivity index (χ1) is 12.6. The molecule has 3 N–H and O–H groups in total. The van der Waals surface area contributed by atoms with Crippen molar-refractivity contribution in [2.45, 2.75) is 20.4 Å². The SMILES string of the molecule is CCNCC(=O)Nc1ccc2ncc(NCc3ccc(C)cc3)nc2n1. The van der Waals surface area contributed by atoms with Crippen molar-refractivity contribution >= 4 is 28.7 Å². The van der Waals surface area contributed by atoms with Gasteiger partial charge < -0.3 is 16.0 Å². The molecule has 0 spiro atoms. The number of nitrogens with one attached hydrogen (secondary N) is 3. The number of pyridine rings is 1. The molecule has 3 aromatic rings. The summed E-state index contributed by atoms with van der Waals surface area (Å²) in [5, 5.41) is 8.97. The van der Waals surface area contributed by atoms with Crippen molar-refractivity contribution in [2.24, 2.45) is 0 Å². The standard InChI is InChI=1S/C19H22N6O/c1-3-20-12-18(26)23-16-9-8-15-19(24-16)25-17(11-21-15)22-10-14-6-4-13(2)5-7-14/h4-9,11,20H,3,10,12H2,1-2H3,(H2,22,23,24,25,26). The highest BCUT2D eigenvalue weighted by molar-refractivity contribution is 5.92. The molecule has 0 aliphatic carbocycles. The Labute approximate surface area is 152 Å². The number of hydrogen-bond donors (Lipinski definition) is 3. The van der Waals surface area contributed by atoms with Gasteiger partial charge in [-0.25, -0.2) is 15.0 Å². The maximum Gasteiger partial charge on any atom is 0.239 e. The molecule has 0 atom stereocenters. The lowest BCUT2D eigenvalue weighted by molar-refractivity contribution is -0.115. The summed E-state index contributed by atoms with van der Waals surface area (Å²) >= 11 is 0. The van der Waals surface area contributed by atoms with Crippen LogP contribution < -0.4 is 16.0 Å². The molecule has 0 radical (unpaired) electrons. The summed E-state index contributed by atoms with van der Waals surface area (Å²) in [7, 11) is 0. The molecule has 7 heteroatoms. The first-order valence-corrected chi connectivity index (χ1v) is 8.58. The zero-order valence-corrected chi connectivity index (χ0v) is 14.9. The summed E-state index contributed by atoms with van der Waals surface area (Å²) < 4.78 is 0. The van der Waals surface area contributed by atoms with Gasteiger partial charge in [-0.05, 0) is 31.2 Å². The Bertz CT molecular complexity index is 894. The number of fused-ring (bicyclic) bond motifs is 1. The smallest absolute Gasteiger partial charge is 0.239 e. The maximum atomic E-state index is 11.8. The number of aryl methyl sites for hydroxylation is 1. The Balaban J connectivity index is 1.70. The molecule has 7 nitrogen and oxygen atoms in total. The molecule has 134 valence electrons. The number of nitrogens with zero attached hydrogens (tertiary/aromatic N) is 3. The molecule has 3 rings (SSSR count). The minimum Gasteiger partial charge on any atom is -0.365 e. The third-order valence-electron chi connectivity index (χ3n) is 3.80. The van der Waals surface area contributed by atoms with Gasteiger partial charge in [-0.15, -0.1) is 0 Å². The third-order valence-corrected chi connectivity index (χ3v) is 3.80. The molecule has 26 heavy (non-hydrogen) atoms. The van der Waals surface area contributed by atoms with E-state index in [1.807, 2.05) is 6.92 Å². The first-order valence-electron chi connectivity index (χ1n) is 8.58. The van der Waals surface area contributed by atoms with Crippen molar-refractivity contribution in [3.05, 3.63) is 53.7 Å². The van der Waals surface area contributed by atoms with Crippen LogP contribution in [0.3, 0.4) is 0 Å². The van der Waals surface area contributed by atoms with Crippen LogP contribution >= 0.6 is 0 Å². The van der Waals surface area contributed by atoms with E-state index in [0.29, 0.717) is 29.3 Å². The lowest BCUT2D eigenvalue weighted by Gasteiger charge is -2.08. The van der Waals surface area contributed by atoms with Crippen LogP contribution in [-0.2, 0) is 11.3 Å². The molecule has 2 aromatic heterocycles. The lowest BCUT2D eigenvalue weighted by Crippen LogP contribution is -2.28. The number of hydrogen-bond acceptors (Lipinski definition) is 6. The average molecular weight is 350 g/mol. The normalized spacial score (nSPS) is 10.7. The fourth-order valence-corrected chi connectivity index (χ4v) is 2.38. The second-order valence-corrected chi connectivity index (χ2v) is 5.96. The number of rotatable bonds is 7. The van der Waals surface area contributed by atoms with Crippen molar-refractivity contribution in [2.75, 3.05) is 23.7 Å². The first kappa shape index (κ1) is 17.8. The molecule has 0 aliphatic rings.